The van der Waals surface area contributed by atoms with E-state index in [-0.39, 0.29) is 11.7 Å². The van der Waals surface area contributed by atoms with Gasteiger partial charge in [0.15, 0.2) is 0 Å². The van der Waals surface area contributed by atoms with Crippen molar-refractivity contribution in [1.82, 2.24) is 0 Å². The molecule has 1 aliphatic rings. The van der Waals surface area contributed by atoms with Gasteiger partial charge in [-0.15, -0.1) is 0 Å². The summed E-state index contributed by atoms with van der Waals surface area (Å²) in [4.78, 5) is 11.0. The molecule has 2 unspecified atom stereocenters. The van der Waals surface area contributed by atoms with Crippen molar-refractivity contribution < 1.29 is 13.9 Å². The van der Waals surface area contributed by atoms with Gasteiger partial charge in [-0.25, -0.2) is 4.39 Å². The van der Waals surface area contributed by atoms with Gasteiger partial charge in [-0.3, -0.25) is 4.79 Å². The number of hydrogen-bond donors (Lipinski definition) is 1. The summed E-state index contributed by atoms with van der Waals surface area (Å²) in [5, 5.41) is 4.50. The van der Waals surface area contributed by atoms with Crippen molar-refractivity contribution in [3.63, 3.8) is 0 Å². The lowest BCUT2D eigenvalue weighted by atomic mass is 9.79. The Bertz CT molecular complexity index is 863. The van der Waals surface area contributed by atoms with E-state index < -0.39 is 5.60 Å². The van der Waals surface area contributed by atoms with Crippen LogP contribution in [0.4, 0.5) is 10.1 Å². The number of fused-ring (bicyclic) bond motifs is 1. The molecule has 1 aliphatic heterocycles. The minimum atomic E-state index is -0.723. The zero-order valence-electron chi connectivity index (χ0n) is 14.6. The van der Waals surface area contributed by atoms with Gasteiger partial charge >= 0.3 is 0 Å². The summed E-state index contributed by atoms with van der Waals surface area (Å²) in [5.41, 5.74) is 4.79. The van der Waals surface area contributed by atoms with Crippen LogP contribution >= 0.6 is 12.2 Å². The number of halogens is 1. The number of carbonyl (C=O) groups is 1. The number of ether oxygens (including phenoxy) is 1. The van der Waals surface area contributed by atoms with Gasteiger partial charge in [-0.05, 0) is 67.4 Å². The molecule has 1 N–H and O–H groups in total. The second-order valence-electron chi connectivity index (χ2n) is 6.58. The van der Waals surface area contributed by atoms with Crippen molar-refractivity contribution in [2.75, 3.05) is 5.32 Å². The predicted molar refractivity (Wildman–Crippen MR) is 101 cm³/mol. The second-order valence-corrected chi connectivity index (χ2v) is 6.86. The molecule has 2 aromatic rings. The Morgan fingerprint density at radius 1 is 1.16 bits per heavy atom. The minimum Gasteiger partial charge on any atom is -0.481 e. The molecular weight excluding hydrogens is 337 g/mol. The van der Waals surface area contributed by atoms with E-state index in [1.165, 1.54) is 12.1 Å². The molecule has 2 atom stereocenters. The maximum atomic E-state index is 13.3. The molecule has 0 aromatic heterocycles. The number of rotatable bonds is 4. The van der Waals surface area contributed by atoms with Gasteiger partial charge in [0, 0.05) is 11.3 Å². The van der Waals surface area contributed by atoms with Crippen LogP contribution in [0.15, 0.2) is 24.3 Å². The van der Waals surface area contributed by atoms with Crippen LogP contribution in [0.5, 0.6) is 5.75 Å². The van der Waals surface area contributed by atoms with E-state index in [4.69, 9.17) is 17.0 Å². The molecule has 1 heterocycles. The third-order valence-corrected chi connectivity index (χ3v) is 5.55. The van der Waals surface area contributed by atoms with Crippen LogP contribution in [0.1, 0.15) is 40.7 Å². The Morgan fingerprint density at radius 2 is 1.80 bits per heavy atom. The normalized spacial score (nSPS) is 21.4. The SMILES string of the molecule is Cc1c(C)c2c(c(C)c1NC=O)C(C=S)C(C)(c1ccc(F)cc1)O2. The van der Waals surface area contributed by atoms with E-state index in [2.05, 4.69) is 5.32 Å². The summed E-state index contributed by atoms with van der Waals surface area (Å²) in [6, 6.07) is 6.32. The summed E-state index contributed by atoms with van der Waals surface area (Å²) in [7, 11) is 0. The number of hydrogen-bond acceptors (Lipinski definition) is 3. The fourth-order valence-electron chi connectivity index (χ4n) is 3.70. The van der Waals surface area contributed by atoms with Crippen LogP contribution in [-0.4, -0.2) is 11.8 Å². The Morgan fingerprint density at radius 3 is 2.36 bits per heavy atom. The fraction of sp³-hybridized carbons (Fsp3) is 0.300. The highest BCUT2D eigenvalue weighted by atomic mass is 32.1. The fourth-order valence-corrected chi connectivity index (χ4v) is 4.09. The summed E-state index contributed by atoms with van der Waals surface area (Å²) in [5.74, 6) is 0.321. The van der Waals surface area contributed by atoms with Crippen molar-refractivity contribution in [3.8, 4) is 5.75 Å². The van der Waals surface area contributed by atoms with Crippen LogP contribution in [-0.2, 0) is 10.4 Å². The number of benzene rings is 2. The Kier molecular flexibility index (Phi) is 4.37. The van der Waals surface area contributed by atoms with Crippen LogP contribution in [0.25, 0.3) is 0 Å². The molecule has 0 saturated carbocycles. The van der Waals surface area contributed by atoms with Crippen molar-refractivity contribution in [2.24, 2.45) is 0 Å². The van der Waals surface area contributed by atoms with Crippen molar-refractivity contribution >= 4 is 29.7 Å². The second kappa shape index (κ2) is 6.23. The molecule has 0 spiro atoms. The number of amides is 1. The highest BCUT2D eigenvalue weighted by molar-refractivity contribution is 7.79. The first-order valence-electron chi connectivity index (χ1n) is 8.09. The van der Waals surface area contributed by atoms with Crippen LogP contribution in [0.3, 0.4) is 0 Å². The standard InChI is InChI=1S/C20H20FNO2S/c1-11-12(2)19-17(13(3)18(11)22-10-23)16(9-25)20(4,24-19)14-5-7-15(21)8-6-14/h5-10,16H,1-4H3,(H,22,23). The topological polar surface area (TPSA) is 38.3 Å². The maximum Gasteiger partial charge on any atom is 0.211 e. The summed E-state index contributed by atoms with van der Waals surface area (Å²) in [6.45, 7) is 7.86. The van der Waals surface area contributed by atoms with Crippen molar-refractivity contribution in [1.29, 1.82) is 0 Å². The van der Waals surface area contributed by atoms with Gasteiger partial charge in [-0.1, -0.05) is 24.4 Å². The first-order valence-corrected chi connectivity index (χ1v) is 8.56. The molecule has 3 nitrogen and oxygen atoms in total. The van der Waals surface area contributed by atoms with Gasteiger partial charge in [0.25, 0.3) is 0 Å². The van der Waals surface area contributed by atoms with E-state index in [1.807, 2.05) is 27.7 Å². The minimum absolute atomic E-state index is 0.186. The summed E-state index contributed by atoms with van der Waals surface area (Å²) >= 11 is 5.34. The molecule has 1 amide bonds. The number of nitrogens with one attached hydrogen (secondary N) is 1. The Balaban J connectivity index is 2.24. The molecule has 25 heavy (non-hydrogen) atoms. The summed E-state index contributed by atoms with van der Waals surface area (Å²) < 4.78 is 19.8. The smallest absolute Gasteiger partial charge is 0.211 e. The number of anilines is 1. The van der Waals surface area contributed by atoms with Crippen LogP contribution in [0, 0.1) is 26.6 Å². The number of carbonyl (C=O) groups excluding carboxylic acids is 1. The Labute approximate surface area is 152 Å². The highest BCUT2D eigenvalue weighted by Crippen LogP contribution is 2.54. The molecule has 0 saturated heterocycles. The molecule has 5 heteroatoms. The zero-order chi connectivity index (χ0) is 18.4. The monoisotopic (exact) mass is 357 g/mol. The molecule has 3 rings (SSSR count). The largest absolute Gasteiger partial charge is 0.481 e. The lowest BCUT2D eigenvalue weighted by molar-refractivity contribution is -0.105. The zero-order valence-corrected chi connectivity index (χ0v) is 15.5. The first-order chi connectivity index (χ1) is 11.8. The molecule has 130 valence electrons. The van der Waals surface area contributed by atoms with Gasteiger partial charge in [-0.2, -0.15) is 0 Å². The number of thiocarbonyl (C=S) groups is 1. The third kappa shape index (κ3) is 2.54. The van der Waals surface area contributed by atoms with E-state index in [0.29, 0.717) is 6.41 Å². The van der Waals surface area contributed by atoms with Gasteiger partial charge in [0.05, 0.1) is 5.92 Å². The van der Waals surface area contributed by atoms with E-state index in [0.717, 1.165) is 39.3 Å². The summed E-state index contributed by atoms with van der Waals surface area (Å²) in [6.07, 6.45) is 0.683. The lowest BCUT2D eigenvalue weighted by Gasteiger charge is -2.29. The third-order valence-electron chi connectivity index (χ3n) is 5.28. The van der Waals surface area contributed by atoms with E-state index >= 15 is 0 Å². The van der Waals surface area contributed by atoms with Crippen molar-refractivity contribution in [3.05, 3.63) is 57.9 Å². The average Bonchev–Trinajstić information content (AvgIpc) is 2.91. The highest BCUT2D eigenvalue weighted by Gasteiger charge is 2.47. The van der Waals surface area contributed by atoms with E-state index in [9.17, 15) is 9.18 Å². The van der Waals surface area contributed by atoms with Crippen molar-refractivity contribution in [2.45, 2.75) is 39.2 Å². The van der Waals surface area contributed by atoms with Crippen LogP contribution < -0.4 is 10.1 Å². The first kappa shape index (κ1) is 17.5. The molecule has 0 bridgehead atoms. The van der Waals surface area contributed by atoms with Crippen LogP contribution in [0.2, 0.25) is 0 Å². The molecule has 0 aliphatic carbocycles. The van der Waals surface area contributed by atoms with Gasteiger partial charge in [0.2, 0.25) is 6.41 Å². The lowest BCUT2D eigenvalue weighted by Crippen LogP contribution is -2.32. The molecule has 0 fully saturated rings. The molecule has 2 aromatic carbocycles. The van der Waals surface area contributed by atoms with Gasteiger partial charge in [0.1, 0.15) is 17.2 Å². The van der Waals surface area contributed by atoms with E-state index in [1.54, 1.807) is 17.5 Å². The quantitative estimate of drug-likeness (QED) is 0.636. The average molecular weight is 357 g/mol. The Hall–Kier alpha value is -2.27. The predicted octanol–water partition coefficient (Wildman–Crippen LogP) is 4.71. The molecule has 0 radical (unpaired) electrons. The maximum absolute atomic E-state index is 13.3. The molecular formula is C20H20FNO2S. The van der Waals surface area contributed by atoms with Gasteiger partial charge < -0.3 is 10.1 Å².